The van der Waals surface area contributed by atoms with E-state index in [-0.39, 0.29) is 16.0 Å². The zero-order valence-electron chi connectivity index (χ0n) is 15.1. The molecule has 5 rings (SSSR count). The van der Waals surface area contributed by atoms with E-state index in [4.69, 9.17) is 4.74 Å². The SMILES string of the molecule is CC(OC(=O)C12CC3CC(CC(Br)(C3)C1)C2)C(=O)Nc1ccc(F)cc1F. The predicted octanol–water partition coefficient (Wildman–Crippen LogP) is 4.57. The monoisotopic (exact) mass is 441 g/mol. The molecular weight excluding hydrogens is 420 g/mol. The van der Waals surface area contributed by atoms with Crippen molar-refractivity contribution in [1.82, 2.24) is 0 Å². The highest BCUT2D eigenvalue weighted by molar-refractivity contribution is 9.10. The fourth-order valence-corrected chi connectivity index (χ4v) is 7.01. The fourth-order valence-electron chi connectivity index (χ4n) is 5.55. The van der Waals surface area contributed by atoms with Crippen molar-refractivity contribution in [2.45, 2.75) is 55.9 Å². The fraction of sp³-hybridized carbons (Fsp3) is 0.600. The van der Waals surface area contributed by atoms with Gasteiger partial charge in [0.1, 0.15) is 11.6 Å². The van der Waals surface area contributed by atoms with Crippen LogP contribution in [0.1, 0.15) is 45.4 Å². The summed E-state index contributed by atoms with van der Waals surface area (Å²) in [5, 5.41) is 2.36. The van der Waals surface area contributed by atoms with Gasteiger partial charge < -0.3 is 10.1 Å². The number of alkyl halides is 1. The van der Waals surface area contributed by atoms with Gasteiger partial charge in [0.25, 0.3) is 5.91 Å². The Morgan fingerprint density at radius 2 is 1.89 bits per heavy atom. The molecule has 1 N–H and O–H groups in total. The van der Waals surface area contributed by atoms with Crippen LogP contribution in [0.2, 0.25) is 0 Å². The minimum absolute atomic E-state index is 0.0127. The molecule has 3 unspecified atom stereocenters. The van der Waals surface area contributed by atoms with E-state index in [0.29, 0.717) is 17.9 Å². The molecule has 0 heterocycles. The first kappa shape index (κ1) is 18.8. The van der Waals surface area contributed by atoms with Crippen LogP contribution in [0.25, 0.3) is 0 Å². The molecule has 4 aliphatic rings. The normalized spacial score (nSPS) is 35.0. The number of amides is 1. The van der Waals surface area contributed by atoms with Gasteiger partial charge in [-0.3, -0.25) is 9.59 Å². The molecule has 0 saturated heterocycles. The van der Waals surface area contributed by atoms with Crippen LogP contribution in [0.4, 0.5) is 14.5 Å². The summed E-state index contributed by atoms with van der Waals surface area (Å²) in [5.41, 5.74) is -0.665. The van der Waals surface area contributed by atoms with Crippen molar-refractivity contribution in [2.75, 3.05) is 5.32 Å². The average Bonchev–Trinajstić information content (AvgIpc) is 2.55. The molecule has 4 aliphatic carbocycles. The zero-order chi connectivity index (χ0) is 19.4. The van der Waals surface area contributed by atoms with Gasteiger partial charge in [0, 0.05) is 10.4 Å². The molecule has 146 valence electrons. The Balaban J connectivity index is 1.42. The molecule has 27 heavy (non-hydrogen) atoms. The standard InChI is InChI=1S/C20H22BrF2NO3/c1-11(17(25)24-16-3-2-14(22)5-15(16)23)27-18(26)19-6-12-4-13(7-19)9-20(21,8-12)10-19/h2-3,5,11-13H,4,6-10H2,1H3,(H,24,25). The van der Waals surface area contributed by atoms with Gasteiger partial charge in [-0.2, -0.15) is 0 Å². The Bertz CT molecular complexity index is 785. The lowest BCUT2D eigenvalue weighted by Gasteiger charge is -2.58. The second kappa shape index (κ2) is 6.54. The van der Waals surface area contributed by atoms with E-state index < -0.39 is 29.1 Å². The Hall–Kier alpha value is -1.50. The molecule has 0 spiro atoms. The molecule has 0 aromatic heterocycles. The first-order valence-electron chi connectivity index (χ1n) is 9.34. The van der Waals surface area contributed by atoms with Crippen molar-refractivity contribution >= 4 is 33.5 Å². The average molecular weight is 442 g/mol. The number of hydrogen-bond acceptors (Lipinski definition) is 3. The number of esters is 1. The van der Waals surface area contributed by atoms with E-state index in [9.17, 15) is 18.4 Å². The summed E-state index contributed by atoms with van der Waals surface area (Å²) in [6.07, 6.45) is 4.68. The minimum Gasteiger partial charge on any atom is -0.452 e. The van der Waals surface area contributed by atoms with Crippen molar-refractivity contribution in [3.05, 3.63) is 29.8 Å². The van der Waals surface area contributed by atoms with E-state index in [2.05, 4.69) is 21.2 Å². The summed E-state index contributed by atoms with van der Waals surface area (Å²) in [4.78, 5) is 25.3. The van der Waals surface area contributed by atoms with Crippen LogP contribution < -0.4 is 5.32 Å². The van der Waals surface area contributed by atoms with E-state index in [1.54, 1.807) is 0 Å². The van der Waals surface area contributed by atoms with Gasteiger partial charge in [0.15, 0.2) is 6.10 Å². The van der Waals surface area contributed by atoms with Gasteiger partial charge in [-0.05, 0) is 69.4 Å². The second-order valence-electron chi connectivity index (χ2n) is 8.55. The molecule has 1 aromatic carbocycles. The third-order valence-corrected chi connectivity index (χ3v) is 7.19. The quantitative estimate of drug-likeness (QED) is 0.549. The molecule has 1 aromatic rings. The molecular formula is C20H22BrF2NO3. The maximum Gasteiger partial charge on any atom is 0.312 e. The van der Waals surface area contributed by atoms with E-state index in [1.165, 1.54) is 13.3 Å². The van der Waals surface area contributed by atoms with Crippen LogP contribution in [0.5, 0.6) is 0 Å². The zero-order valence-corrected chi connectivity index (χ0v) is 16.7. The highest BCUT2D eigenvalue weighted by atomic mass is 79.9. The lowest BCUT2D eigenvalue weighted by atomic mass is 9.49. The first-order chi connectivity index (χ1) is 12.7. The van der Waals surface area contributed by atoms with Crippen molar-refractivity contribution in [1.29, 1.82) is 0 Å². The number of nitrogens with one attached hydrogen (secondary N) is 1. The van der Waals surface area contributed by atoms with Crippen molar-refractivity contribution in [3.63, 3.8) is 0 Å². The molecule has 4 nitrogen and oxygen atoms in total. The third kappa shape index (κ3) is 3.50. The maximum atomic E-state index is 13.7. The summed E-state index contributed by atoms with van der Waals surface area (Å²) in [6.45, 7) is 1.47. The number of carbonyl (C=O) groups is 2. The van der Waals surface area contributed by atoms with Crippen molar-refractivity contribution < 1.29 is 23.1 Å². The van der Waals surface area contributed by atoms with Gasteiger partial charge in [0.05, 0.1) is 11.1 Å². The van der Waals surface area contributed by atoms with Crippen LogP contribution in [0, 0.1) is 28.9 Å². The van der Waals surface area contributed by atoms with E-state index in [1.807, 2.05) is 0 Å². The smallest absolute Gasteiger partial charge is 0.312 e. The van der Waals surface area contributed by atoms with Crippen LogP contribution in [0.15, 0.2) is 18.2 Å². The summed E-state index contributed by atoms with van der Waals surface area (Å²) in [7, 11) is 0. The lowest BCUT2D eigenvalue weighted by molar-refractivity contribution is -0.175. The largest absolute Gasteiger partial charge is 0.452 e. The number of rotatable bonds is 4. The third-order valence-electron chi connectivity index (χ3n) is 6.26. The molecule has 4 fully saturated rings. The van der Waals surface area contributed by atoms with Gasteiger partial charge in [-0.15, -0.1) is 0 Å². The van der Waals surface area contributed by atoms with Crippen molar-refractivity contribution in [2.24, 2.45) is 17.3 Å². The Labute approximate surface area is 165 Å². The van der Waals surface area contributed by atoms with Gasteiger partial charge in [-0.25, -0.2) is 8.78 Å². The number of halogens is 3. The molecule has 0 aliphatic heterocycles. The summed E-state index contributed by atoms with van der Waals surface area (Å²) < 4.78 is 32.2. The highest BCUT2D eigenvalue weighted by Gasteiger charge is 2.60. The summed E-state index contributed by atoms with van der Waals surface area (Å²) in [6, 6.07) is 2.89. The van der Waals surface area contributed by atoms with Crippen LogP contribution in [0.3, 0.4) is 0 Å². The van der Waals surface area contributed by atoms with Crippen LogP contribution >= 0.6 is 15.9 Å². The van der Waals surface area contributed by atoms with Gasteiger partial charge in [-0.1, -0.05) is 15.9 Å². The van der Waals surface area contributed by atoms with Gasteiger partial charge in [0.2, 0.25) is 0 Å². The number of ether oxygens (including phenoxy) is 1. The Morgan fingerprint density at radius 1 is 1.22 bits per heavy atom. The van der Waals surface area contributed by atoms with Gasteiger partial charge >= 0.3 is 5.97 Å². The first-order valence-corrected chi connectivity index (χ1v) is 10.1. The second-order valence-corrected chi connectivity index (χ2v) is 10.2. The highest BCUT2D eigenvalue weighted by Crippen LogP contribution is 2.64. The number of hydrogen-bond donors (Lipinski definition) is 1. The summed E-state index contributed by atoms with van der Waals surface area (Å²) >= 11 is 3.85. The Morgan fingerprint density at radius 3 is 2.48 bits per heavy atom. The number of carbonyl (C=O) groups excluding carboxylic acids is 2. The molecule has 0 radical (unpaired) electrons. The van der Waals surface area contributed by atoms with Crippen LogP contribution in [-0.2, 0) is 14.3 Å². The number of anilines is 1. The Kier molecular flexibility index (Phi) is 4.56. The number of benzene rings is 1. The maximum absolute atomic E-state index is 13.7. The molecule has 1 amide bonds. The lowest BCUT2D eigenvalue weighted by Crippen LogP contribution is -2.56. The van der Waals surface area contributed by atoms with E-state index >= 15 is 0 Å². The molecule has 3 atom stereocenters. The van der Waals surface area contributed by atoms with E-state index in [0.717, 1.165) is 44.2 Å². The van der Waals surface area contributed by atoms with Crippen molar-refractivity contribution in [3.8, 4) is 0 Å². The molecule has 4 bridgehead atoms. The summed E-state index contributed by atoms with van der Waals surface area (Å²) in [5.74, 6) is -1.51. The minimum atomic E-state index is -1.05. The molecule has 7 heteroatoms. The molecule has 4 saturated carbocycles. The predicted molar refractivity (Wildman–Crippen MR) is 99.3 cm³/mol. The van der Waals surface area contributed by atoms with Crippen LogP contribution in [-0.4, -0.2) is 22.3 Å². The topological polar surface area (TPSA) is 55.4 Å².